The predicted octanol–water partition coefficient (Wildman–Crippen LogP) is 5.12. The summed E-state index contributed by atoms with van der Waals surface area (Å²) in [6.07, 6.45) is 14.4. The number of carbonyl (C=O) groups excluding carboxylic acids is 5. The third-order valence-electron chi connectivity index (χ3n) is 19.3. The average Bonchev–Trinajstić information content (AvgIpc) is 4.38. The van der Waals surface area contributed by atoms with Crippen molar-refractivity contribution in [1.82, 2.24) is 50.8 Å². The highest BCUT2D eigenvalue weighted by atomic mass is 35.5. The van der Waals surface area contributed by atoms with Crippen LogP contribution in [0.4, 0.5) is 5.82 Å². The number of nitrogens with zero attached hydrogens (tertiary/aromatic N) is 7. The molecule has 18 nitrogen and oxygen atoms in total. The molecule has 1 aromatic heterocycles. The molecule has 5 saturated heterocycles. The fourth-order valence-corrected chi connectivity index (χ4v) is 14.3. The summed E-state index contributed by atoms with van der Waals surface area (Å²) in [4.78, 5) is 88.4. The summed E-state index contributed by atoms with van der Waals surface area (Å²) in [6, 6.07) is 14.8. The maximum atomic E-state index is 14.5. The Morgan fingerprint density at radius 2 is 1.54 bits per heavy atom. The quantitative estimate of drug-likeness (QED) is 0.0991. The van der Waals surface area contributed by atoms with Crippen molar-refractivity contribution < 1.29 is 33.8 Å². The molecule has 5 amide bonds. The number of halogens is 1. The van der Waals surface area contributed by atoms with Crippen LogP contribution in [0, 0.1) is 11.8 Å². The molecule has 9 aliphatic rings. The van der Waals surface area contributed by atoms with Crippen LogP contribution >= 0.6 is 11.6 Å². The number of piperazine rings is 2. The maximum Gasteiger partial charge on any atom is 0.251 e. The molecule has 432 valence electrons. The van der Waals surface area contributed by atoms with Gasteiger partial charge in [0, 0.05) is 125 Å². The molecule has 0 radical (unpaired) electrons. The number of carbonyl (C=O) groups is 5. The van der Waals surface area contributed by atoms with Gasteiger partial charge in [0.05, 0.1) is 36.5 Å². The molecule has 3 aromatic rings. The van der Waals surface area contributed by atoms with Crippen LogP contribution in [-0.4, -0.2) is 186 Å². The van der Waals surface area contributed by atoms with Gasteiger partial charge in [0.15, 0.2) is 0 Å². The summed E-state index contributed by atoms with van der Waals surface area (Å²) >= 11 is 6.26. The van der Waals surface area contributed by atoms with Gasteiger partial charge in [-0.15, -0.1) is 0 Å². The van der Waals surface area contributed by atoms with Gasteiger partial charge in [-0.2, -0.15) is 0 Å². The fourth-order valence-electron chi connectivity index (χ4n) is 14.2. The Hall–Kier alpha value is -5.24. The first-order valence-electron chi connectivity index (χ1n) is 30.2. The van der Waals surface area contributed by atoms with Crippen molar-refractivity contribution in [1.29, 1.82) is 0 Å². The molecule has 1 unspecified atom stereocenters. The Kier molecular flexibility index (Phi) is 17.8. The number of ether oxygens (including phenoxy) is 1. The van der Waals surface area contributed by atoms with Crippen LogP contribution in [0.25, 0.3) is 0 Å². The zero-order chi connectivity index (χ0) is 55.4. The number of aliphatic hydroxyl groups excluding tert-OH is 1. The lowest BCUT2D eigenvalue weighted by atomic mass is 9.71. The Labute approximate surface area is 476 Å². The number of hydrogen-bond acceptors (Lipinski definition) is 13. The molecule has 5 aliphatic heterocycles. The van der Waals surface area contributed by atoms with Gasteiger partial charge in [-0.1, -0.05) is 62.1 Å². The van der Waals surface area contributed by atoms with E-state index in [9.17, 15) is 29.1 Å². The zero-order valence-electron chi connectivity index (χ0n) is 46.9. The fraction of sp³-hybridized carbons (Fsp3) is 0.656. The van der Waals surface area contributed by atoms with Gasteiger partial charge < -0.3 is 50.7 Å². The van der Waals surface area contributed by atoms with Crippen molar-refractivity contribution in [2.24, 2.45) is 11.8 Å². The van der Waals surface area contributed by atoms with Crippen LogP contribution in [0.3, 0.4) is 0 Å². The van der Waals surface area contributed by atoms with E-state index in [1.54, 1.807) is 0 Å². The van der Waals surface area contributed by atoms with Crippen molar-refractivity contribution in [3.8, 4) is 0 Å². The lowest BCUT2D eigenvalue weighted by Crippen LogP contribution is -2.66. The SMILES string of the molecule is C[C@@H]1C[C@@H](O)c2ncnc(N3CCN(C(=O)[C@H](CNCCNC(=O)CNC45CCC(CN6CCN(C(=O)[C@H](NC(=O)c7cccc(C8CCCN(C(=O)C9CC9)C8)c7)C7CCCCC7)CC6)(CC4)OC5)c4ccc(Cl)cc4)CC3)c21. The molecule has 2 bridgehead atoms. The highest BCUT2D eigenvalue weighted by molar-refractivity contribution is 6.30. The molecule has 0 spiro atoms. The number of anilines is 1. The van der Waals surface area contributed by atoms with Crippen molar-refractivity contribution >= 4 is 47.0 Å². The highest BCUT2D eigenvalue weighted by Crippen LogP contribution is 2.45. The van der Waals surface area contributed by atoms with Crippen LogP contribution in [0.1, 0.15) is 153 Å². The number of aliphatic hydroxyl groups is 1. The monoisotopic (exact) mass is 1120 g/mol. The second kappa shape index (κ2) is 25.1. The van der Waals surface area contributed by atoms with E-state index in [0.717, 1.165) is 132 Å². The standard InChI is InChI=1S/C61H84ClN11O7/c1-41-33-50(74)54-52(41)55(66-40-65-54)70-29-31-71(32-30-70)58(78)49(42-14-16-48(62)17-15-42)35-63-22-23-64-51(75)36-67-60-18-20-61(21-19-60,80-39-60)38-69-25-27-72(28-26-69)59(79)53(43-7-3-2-4-8-43)68-56(76)46-10-5-9-45(34-46)47-11-6-24-73(37-47)57(77)44-12-13-44/h5,9-10,14-17,34,40-41,43-44,47,49-50,53,63,67,74H,2-4,6-8,11-13,18-33,35-39H2,1H3,(H,64,75)(H,68,76)/t41-,47?,49-,50-,53-,60?,61?/m1/s1. The van der Waals surface area contributed by atoms with E-state index in [1.165, 1.54) is 6.33 Å². The van der Waals surface area contributed by atoms with Gasteiger partial charge in [0.1, 0.15) is 18.2 Å². The van der Waals surface area contributed by atoms with Crippen LogP contribution in [0.15, 0.2) is 54.9 Å². The Morgan fingerprint density at radius 3 is 2.26 bits per heavy atom. The first kappa shape index (κ1) is 56.6. The van der Waals surface area contributed by atoms with Crippen molar-refractivity contribution in [2.75, 3.05) is 110 Å². The van der Waals surface area contributed by atoms with E-state index >= 15 is 0 Å². The Balaban J connectivity index is 0.603. The second-order valence-corrected chi connectivity index (χ2v) is 25.1. The molecule has 5 N–H and O–H groups in total. The highest BCUT2D eigenvalue weighted by Gasteiger charge is 2.51. The molecule has 6 heterocycles. The van der Waals surface area contributed by atoms with Gasteiger partial charge in [-0.05, 0) is 118 Å². The van der Waals surface area contributed by atoms with E-state index < -0.39 is 18.1 Å². The zero-order valence-corrected chi connectivity index (χ0v) is 47.6. The molecule has 5 atom stereocenters. The number of rotatable bonds is 19. The molecule has 12 rings (SSSR count). The molecular weight excluding hydrogens is 1030 g/mol. The lowest BCUT2D eigenvalue weighted by molar-refractivity contribution is -0.173. The lowest BCUT2D eigenvalue weighted by Gasteiger charge is -2.55. The first-order valence-corrected chi connectivity index (χ1v) is 30.6. The largest absolute Gasteiger partial charge is 0.387 e. The van der Waals surface area contributed by atoms with Gasteiger partial charge in [-0.25, -0.2) is 9.97 Å². The minimum Gasteiger partial charge on any atom is -0.387 e. The van der Waals surface area contributed by atoms with Crippen LogP contribution < -0.4 is 26.2 Å². The van der Waals surface area contributed by atoms with E-state index in [0.29, 0.717) is 94.8 Å². The Bertz CT molecular complexity index is 2660. The molecule has 8 fully saturated rings. The Morgan fingerprint density at radius 1 is 0.800 bits per heavy atom. The summed E-state index contributed by atoms with van der Waals surface area (Å²) in [6.45, 7) is 11.6. The third-order valence-corrected chi connectivity index (χ3v) is 19.5. The molecular formula is C61H84ClN11O7. The first-order chi connectivity index (χ1) is 38.8. The molecule has 80 heavy (non-hydrogen) atoms. The minimum absolute atomic E-state index is 0.0285. The number of nitrogens with one attached hydrogen (secondary N) is 4. The van der Waals surface area contributed by atoms with E-state index in [2.05, 4.69) is 54.0 Å². The minimum atomic E-state index is -0.574. The summed E-state index contributed by atoms with van der Waals surface area (Å²) in [5.74, 6) is 1.18. The van der Waals surface area contributed by atoms with Gasteiger partial charge in [-0.3, -0.25) is 28.9 Å². The van der Waals surface area contributed by atoms with Crippen LogP contribution in [0.5, 0.6) is 0 Å². The van der Waals surface area contributed by atoms with E-state index in [1.807, 2.05) is 57.2 Å². The number of aromatic nitrogens is 2. The predicted molar refractivity (Wildman–Crippen MR) is 305 cm³/mol. The normalized spacial score (nSPS) is 27.1. The second-order valence-electron chi connectivity index (χ2n) is 24.7. The number of fused-ring (bicyclic) bond motifs is 4. The van der Waals surface area contributed by atoms with Gasteiger partial charge in [0.2, 0.25) is 23.6 Å². The van der Waals surface area contributed by atoms with Crippen LogP contribution in [0.2, 0.25) is 5.02 Å². The number of hydrogen-bond donors (Lipinski definition) is 5. The molecule has 2 aromatic carbocycles. The summed E-state index contributed by atoms with van der Waals surface area (Å²) in [7, 11) is 0. The molecule has 4 aliphatic carbocycles. The summed E-state index contributed by atoms with van der Waals surface area (Å²) in [5, 5.41) is 24.5. The van der Waals surface area contributed by atoms with Crippen molar-refractivity contribution in [3.05, 3.63) is 87.8 Å². The number of amides is 5. The van der Waals surface area contributed by atoms with Crippen molar-refractivity contribution in [2.45, 2.75) is 138 Å². The van der Waals surface area contributed by atoms with Crippen molar-refractivity contribution in [3.63, 3.8) is 0 Å². The average molecular weight is 1120 g/mol. The molecule has 19 heteroatoms. The number of benzene rings is 2. The summed E-state index contributed by atoms with van der Waals surface area (Å²) in [5.41, 5.74) is 3.77. The molecule has 3 saturated carbocycles. The van der Waals surface area contributed by atoms with E-state index in [4.69, 9.17) is 16.3 Å². The smallest absolute Gasteiger partial charge is 0.251 e. The number of likely N-dealkylation sites (tertiary alicyclic amines) is 1. The summed E-state index contributed by atoms with van der Waals surface area (Å²) < 4.78 is 6.70. The van der Waals surface area contributed by atoms with Gasteiger partial charge in [0.25, 0.3) is 5.91 Å². The third kappa shape index (κ3) is 13.0. The maximum absolute atomic E-state index is 14.5. The van der Waals surface area contributed by atoms with E-state index in [-0.39, 0.29) is 70.9 Å². The number of piperidine rings is 1. The topological polar surface area (TPSA) is 205 Å². The van der Waals surface area contributed by atoms with Crippen LogP contribution in [-0.2, 0) is 23.9 Å². The van der Waals surface area contributed by atoms with Gasteiger partial charge >= 0.3 is 0 Å².